The molecule has 1 amide bonds. The first-order valence-corrected chi connectivity index (χ1v) is 12.8. The average molecular weight is 449 g/mol. The van der Waals surface area contributed by atoms with E-state index >= 15 is 0 Å². The van der Waals surface area contributed by atoms with Crippen LogP contribution in [0.2, 0.25) is 0 Å². The average Bonchev–Trinajstić information content (AvgIpc) is 2.73. The Kier molecular flexibility index (Phi) is 7.31. The molecule has 1 fully saturated rings. The summed E-state index contributed by atoms with van der Waals surface area (Å²) in [5, 5.41) is 0. The van der Waals surface area contributed by atoms with Gasteiger partial charge in [0, 0.05) is 24.1 Å². The molecule has 1 heterocycles. The summed E-state index contributed by atoms with van der Waals surface area (Å²) in [6.07, 6.45) is 3.82. The maximum atomic E-state index is 13.1. The summed E-state index contributed by atoms with van der Waals surface area (Å²) in [4.78, 5) is 15.8. The van der Waals surface area contributed by atoms with Crippen LogP contribution in [0.25, 0.3) is 0 Å². The van der Waals surface area contributed by atoms with Crippen LogP contribution in [-0.4, -0.2) is 45.2 Å². The first-order valence-electron chi connectivity index (χ1n) is 10.1. The van der Waals surface area contributed by atoms with Gasteiger partial charge in [0.05, 0.1) is 22.8 Å². The smallest absolute Gasteiger partial charge is 0.261 e. The molecule has 1 aliphatic rings. The lowest BCUT2D eigenvalue weighted by molar-refractivity contribution is 0.0693. The van der Waals surface area contributed by atoms with Gasteiger partial charge in [-0.3, -0.25) is 9.52 Å². The van der Waals surface area contributed by atoms with Gasteiger partial charge in [-0.2, -0.15) is 0 Å². The van der Waals surface area contributed by atoms with Gasteiger partial charge in [-0.25, -0.2) is 8.42 Å². The summed E-state index contributed by atoms with van der Waals surface area (Å²) >= 11 is 1.44. The SMILES string of the molecule is CCOc1cccc(NS(=O)(=O)c2ccc(SC)c(C(=O)N3CCC(C)CC3)c2)c1. The quantitative estimate of drug-likeness (QED) is 0.632. The van der Waals surface area contributed by atoms with Crippen molar-refractivity contribution in [2.75, 3.05) is 30.7 Å². The molecule has 2 aromatic carbocycles. The highest BCUT2D eigenvalue weighted by atomic mass is 32.2. The van der Waals surface area contributed by atoms with Gasteiger partial charge in [0.15, 0.2) is 0 Å². The lowest BCUT2D eigenvalue weighted by Gasteiger charge is -2.30. The predicted molar refractivity (Wildman–Crippen MR) is 121 cm³/mol. The van der Waals surface area contributed by atoms with Crippen LogP contribution in [0.5, 0.6) is 5.75 Å². The summed E-state index contributed by atoms with van der Waals surface area (Å²) < 4.78 is 34.0. The van der Waals surface area contributed by atoms with Crippen LogP contribution in [0, 0.1) is 5.92 Å². The molecule has 3 rings (SSSR count). The minimum absolute atomic E-state index is 0.0656. The lowest BCUT2D eigenvalue weighted by atomic mass is 9.98. The molecule has 30 heavy (non-hydrogen) atoms. The van der Waals surface area contributed by atoms with Crippen molar-refractivity contribution in [1.82, 2.24) is 4.90 Å². The van der Waals surface area contributed by atoms with Gasteiger partial charge in [0.1, 0.15) is 5.75 Å². The van der Waals surface area contributed by atoms with Crippen LogP contribution in [0.3, 0.4) is 0 Å². The predicted octanol–water partition coefficient (Wildman–Crippen LogP) is 4.48. The number of rotatable bonds is 7. The summed E-state index contributed by atoms with van der Waals surface area (Å²) in [5.74, 6) is 1.09. The van der Waals surface area contributed by atoms with Crippen molar-refractivity contribution in [3.63, 3.8) is 0 Å². The Balaban J connectivity index is 1.87. The first-order chi connectivity index (χ1) is 14.3. The molecule has 0 atom stereocenters. The number of hydrogen-bond acceptors (Lipinski definition) is 5. The van der Waals surface area contributed by atoms with Crippen molar-refractivity contribution in [3.05, 3.63) is 48.0 Å². The zero-order chi connectivity index (χ0) is 21.7. The van der Waals surface area contributed by atoms with E-state index in [0.29, 0.717) is 42.6 Å². The van der Waals surface area contributed by atoms with E-state index in [1.807, 2.05) is 18.1 Å². The van der Waals surface area contributed by atoms with E-state index in [-0.39, 0.29) is 10.8 Å². The minimum Gasteiger partial charge on any atom is -0.494 e. The second-order valence-electron chi connectivity index (χ2n) is 7.40. The second kappa shape index (κ2) is 9.75. The number of carbonyl (C=O) groups excluding carboxylic acids is 1. The number of thioether (sulfide) groups is 1. The maximum absolute atomic E-state index is 13.1. The third-order valence-electron chi connectivity index (χ3n) is 5.18. The minimum atomic E-state index is -3.85. The monoisotopic (exact) mass is 448 g/mol. The van der Waals surface area contributed by atoms with Gasteiger partial charge >= 0.3 is 0 Å². The number of amides is 1. The number of likely N-dealkylation sites (tertiary alicyclic amines) is 1. The zero-order valence-electron chi connectivity index (χ0n) is 17.6. The first kappa shape index (κ1) is 22.5. The van der Waals surface area contributed by atoms with Crippen LogP contribution < -0.4 is 9.46 Å². The number of benzene rings is 2. The Morgan fingerprint density at radius 3 is 2.60 bits per heavy atom. The molecule has 0 aliphatic carbocycles. The van der Waals surface area contributed by atoms with E-state index in [0.717, 1.165) is 17.7 Å². The van der Waals surface area contributed by atoms with Crippen molar-refractivity contribution in [1.29, 1.82) is 0 Å². The van der Waals surface area contributed by atoms with Gasteiger partial charge in [-0.05, 0) is 62.3 Å². The number of ether oxygens (including phenoxy) is 1. The molecule has 8 heteroatoms. The van der Waals surface area contributed by atoms with Crippen molar-refractivity contribution < 1.29 is 17.9 Å². The molecule has 162 valence electrons. The number of carbonyl (C=O) groups is 1. The Morgan fingerprint density at radius 1 is 1.20 bits per heavy atom. The molecule has 0 bridgehead atoms. The number of hydrogen-bond donors (Lipinski definition) is 1. The van der Waals surface area contributed by atoms with Gasteiger partial charge in [0.2, 0.25) is 0 Å². The maximum Gasteiger partial charge on any atom is 0.261 e. The fourth-order valence-electron chi connectivity index (χ4n) is 3.43. The van der Waals surface area contributed by atoms with Crippen molar-refractivity contribution in [2.45, 2.75) is 36.5 Å². The molecule has 2 aromatic rings. The summed E-state index contributed by atoms with van der Waals surface area (Å²) in [7, 11) is -3.85. The van der Waals surface area contributed by atoms with Crippen molar-refractivity contribution >= 4 is 33.4 Å². The van der Waals surface area contributed by atoms with E-state index in [4.69, 9.17) is 4.74 Å². The summed E-state index contributed by atoms with van der Waals surface area (Å²) in [5.41, 5.74) is 0.843. The number of piperidine rings is 1. The Bertz CT molecular complexity index is 1000. The van der Waals surface area contributed by atoms with Gasteiger partial charge in [-0.1, -0.05) is 13.0 Å². The fraction of sp³-hybridized carbons (Fsp3) is 0.409. The van der Waals surface area contributed by atoms with E-state index in [1.165, 1.54) is 23.9 Å². The van der Waals surface area contributed by atoms with E-state index < -0.39 is 10.0 Å². The molecule has 0 spiro atoms. The number of sulfonamides is 1. The largest absolute Gasteiger partial charge is 0.494 e. The highest BCUT2D eigenvalue weighted by Gasteiger charge is 2.25. The van der Waals surface area contributed by atoms with E-state index in [2.05, 4.69) is 11.6 Å². The highest BCUT2D eigenvalue weighted by molar-refractivity contribution is 7.98. The Morgan fingerprint density at radius 2 is 1.93 bits per heavy atom. The molecule has 1 aliphatic heterocycles. The molecule has 0 unspecified atom stereocenters. The zero-order valence-corrected chi connectivity index (χ0v) is 19.2. The third kappa shape index (κ3) is 5.29. The van der Waals surface area contributed by atoms with Gasteiger partial charge in [0.25, 0.3) is 15.9 Å². The molecular formula is C22H28N2O4S2. The molecule has 1 N–H and O–H groups in total. The lowest BCUT2D eigenvalue weighted by Crippen LogP contribution is -2.38. The molecule has 6 nitrogen and oxygen atoms in total. The fourth-order valence-corrected chi connectivity index (χ4v) is 5.08. The Labute approximate surface area is 183 Å². The highest BCUT2D eigenvalue weighted by Crippen LogP contribution is 2.28. The van der Waals surface area contributed by atoms with E-state index in [1.54, 1.807) is 30.3 Å². The van der Waals surface area contributed by atoms with Crippen LogP contribution in [0.1, 0.15) is 37.0 Å². The summed E-state index contributed by atoms with van der Waals surface area (Å²) in [6, 6.07) is 11.5. The summed E-state index contributed by atoms with van der Waals surface area (Å²) in [6.45, 7) is 5.95. The standard InChI is InChI=1S/C22H28N2O4S2/c1-4-28-18-7-5-6-17(14-18)23-30(26,27)19-8-9-21(29-3)20(15-19)22(25)24-12-10-16(2)11-13-24/h5-9,14-16,23H,4,10-13H2,1-3H3. The van der Waals surface area contributed by atoms with Crippen molar-refractivity contribution in [2.24, 2.45) is 5.92 Å². The molecule has 0 radical (unpaired) electrons. The Hall–Kier alpha value is -2.19. The van der Waals surface area contributed by atoms with Gasteiger partial charge < -0.3 is 9.64 Å². The molecule has 0 saturated carbocycles. The topological polar surface area (TPSA) is 75.7 Å². The number of nitrogens with one attached hydrogen (secondary N) is 1. The number of anilines is 1. The van der Waals surface area contributed by atoms with E-state index in [9.17, 15) is 13.2 Å². The number of nitrogens with zero attached hydrogens (tertiary/aromatic N) is 1. The third-order valence-corrected chi connectivity index (χ3v) is 7.35. The van der Waals surface area contributed by atoms with Crippen LogP contribution in [0.4, 0.5) is 5.69 Å². The molecular weight excluding hydrogens is 420 g/mol. The second-order valence-corrected chi connectivity index (χ2v) is 9.93. The van der Waals surface area contributed by atoms with Crippen molar-refractivity contribution in [3.8, 4) is 5.75 Å². The molecule has 1 saturated heterocycles. The van der Waals surface area contributed by atoms with Gasteiger partial charge in [-0.15, -0.1) is 11.8 Å². The molecule has 0 aromatic heterocycles. The van der Waals surface area contributed by atoms with Crippen LogP contribution in [-0.2, 0) is 10.0 Å². The van der Waals surface area contributed by atoms with Crippen LogP contribution >= 0.6 is 11.8 Å². The van der Waals surface area contributed by atoms with Crippen LogP contribution in [0.15, 0.2) is 52.3 Å². The normalized spacial score (nSPS) is 15.1.